The van der Waals surface area contributed by atoms with E-state index in [0.29, 0.717) is 6.42 Å². The highest BCUT2D eigenvalue weighted by Gasteiger charge is 2.52. The van der Waals surface area contributed by atoms with Gasteiger partial charge in [0.25, 0.3) is 0 Å². The molecule has 2 rings (SSSR count). The molecule has 0 spiro atoms. The van der Waals surface area contributed by atoms with E-state index >= 15 is 0 Å². The summed E-state index contributed by atoms with van der Waals surface area (Å²) in [6.07, 6.45) is 2.54. The predicted octanol–water partition coefficient (Wildman–Crippen LogP) is -0.668. The van der Waals surface area contributed by atoms with Crippen molar-refractivity contribution >= 4 is 5.91 Å². The van der Waals surface area contributed by atoms with E-state index in [-0.39, 0.29) is 24.1 Å². The molecule has 2 heterocycles. The highest BCUT2D eigenvalue weighted by Crippen LogP contribution is 2.36. The van der Waals surface area contributed by atoms with Crippen LogP contribution >= 0.6 is 0 Å². The van der Waals surface area contributed by atoms with Gasteiger partial charge in [-0.1, -0.05) is 0 Å². The Kier molecular flexibility index (Phi) is 2.04. The van der Waals surface area contributed by atoms with Crippen molar-refractivity contribution < 1.29 is 9.90 Å². The van der Waals surface area contributed by atoms with Crippen LogP contribution < -0.4 is 5.32 Å². The van der Waals surface area contributed by atoms with Crippen LogP contribution in [0.3, 0.4) is 0 Å². The van der Waals surface area contributed by atoms with Crippen molar-refractivity contribution in [3.63, 3.8) is 0 Å². The first-order valence-corrected chi connectivity index (χ1v) is 4.83. The molecule has 1 amide bonds. The monoisotopic (exact) mass is 184 g/mol. The van der Waals surface area contributed by atoms with Gasteiger partial charge >= 0.3 is 0 Å². The number of aliphatic hydroxyl groups excluding tert-OH is 1. The molecule has 2 aliphatic rings. The van der Waals surface area contributed by atoms with Crippen molar-refractivity contribution in [2.75, 3.05) is 20.2 Å². The van der Waals surface area contributed by atoms with Gasteiger partial charge in [0.1, 0.15) is 0 Å². The highest BCUT2D eigenvalue weighted by atomic mass is 16.3. The minimum Gasteiger partial charge on any atom is -0.394 e. The Balaban J connectivity index is 2.26. The zero-order valence-electron chi connectivity index (χ0n) is 7.92. The minimum absolute atomic E-state index is 0.0520. The van der Waals surface area contributed by atoms with Crippen molar-refractivity contribution in [1.29, 1.82) is 0 Å². The summed E-state index contributed by atoms with van der Waals surface area (Å²) in [7, 11) is 1.82. The van der Waals surface area contributed by atoms with Gasteiger partial charge in [0.15, 0.2) is 0 Å². The fraction of sp³-hybridized carbons (Fsp3) is 0.889. The quantitative estimate of drug-likeness (QED) is 0.598. The van der Waals surface area contributed by atoms with E-state index in [0.717, 1.165) is 19.4 Å². The maximum absolute atomic E-state index is 11.6. The maximum Gasteiger partial charge on any atom is 0.224 e. The van der Waals surface area contributed by atoms with Crippen LogP contribution in [0.5, 0.6) is 0 Å². The van der Waals surface area contributed by atoms with Crippen LogP contribution in [0.25, 0.3) is 0 Å². The lowest BCUT2D eigenvalue weighted by atomic mass is 9.90. The van der Waals surface area contributed by atoms with Gasteiger partial charge in [0.05, 0.1) is 18.2 Å². The number of aliphatic hydroxyl groups is 1. The fourth-order valence-electron chi connectivity index (χ4n) is 2.62. The van der Waals surface area contributed by atoms with Gasteiger partial charge in [-0.3, -0.25) is 4.79 Å². The average molecular weight is 184 g/mol. The van der Waals surface area contributed by atoms with Crippen LogP contribution in [0, 0.1) is 0 Å². The van der Waals surface area contributed by atoms with Gasteiger partial charge in [-0.25, -0.2) is 0 Å². The van der Waals surface area contributed by atoms with Crippen LogP contribution in [-0.4, -0.2) is 47.7 Å². The van der Waals surface area contributed by atoms with Crippen LogP contribution in [0.1, 0.15) is 19.3 Å². The molecular weight excluding hydrogens is 168 g/mol. The van der Waals surface area contributed by atoms with Gasteiger partial charge in [-0.05, 0) is 19.9 Å². The molecule has 2 unspecified atom stereocenters. The van der Waals surface area contributed by atoms with Crippen molar-refractivity contribution in [3.8, 4) is 0 Å². The standard InChI is InChI=1S/C9H16N2O2/c1-10-9(6-12)5-8(13)11-4-2-3-7(9)11/h7,10,12H,2-6H2,1H3. The molecular formula is C9H16N2O2. The average Bonchev–Trinajstić information content (AvgIpc) is 2.69. The second kappa shape index (κ2) is 2.96. The van der Waals surface area contributed by atoms with Gasteiger partial charge < -0.3 is 15.3 Å². The number of fused-ring (bicyclic) bond motifs is 1. The lowest BCUT2D eigenvalue weighted by molar-refractivity contribution is -0.127. The van der Waals surface area contributed by atoms with E-state index in [1.807, 2.05) is 11.9 Å². The molecule has 0 aromatic carbocycles. The van der Waals surface area contributed by atoms with E-state index in [9.17, 15) is 9.90 Å². The second-order valence-corrected chi connectivity index (χ2v) is 3.99. The van der Waals surface area contributed by atoms with Crippen LogP contribution in [0.2, 0.25) is 0 Å². The third-order valence-electron chi connectivity index (χ3n) is 3.46. The van der Waals surface area contributed by atoms with Gasteiger partial charge in [-0.2, -0.15) is 0 Å². The van der Waals surface area contributed by atoms with Crippen LogP contribution in [0.4, 0.5) is 0 Å². The van der Waals surface area contributed by atoms with Crippen molar-refractivity contribution in [3.05, 3.63) is 0 Å². The SMILES string of the molecule is CNC1(CO)CC(=O)N2CCCC21. The zero-order valence-corrected chi connectivity index (χ0v) is 7.92. The molecule has 0 saturated carbocycles. The molecule has 4 nitrogen and oxygen atoms in total. The number of nitrogens with zero attached hydrogens (tertiary/aromatic N) is 1. The Morgan fingerprint density at radius 1 is 1.77 bits per heavy atom. The Bertz CT molecular complexity index is 226. The van der Waals surface area contributed by atoms with Gasteiger partial charge in [0, 0.05) is 13.0 Å². The number of carbonyl (C=O) groups is 1. The summed E-state index contributed by atoms with van der Waals surface area (Å²) in [6.45, 7) is 0.920. The van der Waals surface area contributed by atoms with Crippen molar-refractivity contribution in [2.24, 2.45) is 0 Å². The molecule has 0 aromatic heterocycles. The maximum atomic E-state index is 11.6. The van der Waals surface area contributed by atoms with Crippen LogP contribution in [-0.2, 0) is 4.79 Å². The van der Waals surface area contributed by atoms with E-state index in [4.69, 9.17) is 0 Å². The fourth-order valence-corrected chi connectivity index (χ4v) is 2.62. The summed E-state index contributed by atoms with van der Waals surface area (Å²) in [6, 6.07) is 0.218. The van der Waals surface area contributed by atoms with Gasteiger partial charge in [-0.15, -0.1) is 0 Å². The Morgan fingerprint density at radius 2 is 2.54 bits per heavy atom. The number of rotatable bonds is 2. The Morgan fingerprint density at radius 3 is 3.15 bits per heavy atom. The van der Waals surface area contributed by atoms with Crippen molar-refractivity contribution in [2.45, 2.75) is 30.8 Å². The lowest BCUT2D eigenvalue weighted by Crippen LogP contribution is -2.54. The summed E-state index contributed by atoms with van der Waals surface area (Å²) in [5.74, 6) is 0.186. The smallest absolute Gasteiger partial charge is 0.224 e. The zero-order chi connectivity index (χ0) is 9.47. The molecule has 4 heteroatoms. The van der Waals surface area contributed by atoms with Crippen LogP contribution in [0.15, 0.2) is 0 Å². The first-order chi connectivity index (χ1) is 6.23. The normalized spacial score (nSPS) is 38.5. The minimum atomic E-state index is -0.367. The molecule has 74 valence electrons. The third kappa shape index (κ3) is 1.09. The Hall–Kier alpha value is -0.610. The molecule has 0 aliphatic carbocycles. The summed E-state index contributed by atoms with van der Waals surface area (Å²) in [5.41, 5.74) is -0.367. The number of hydrogen-bond donors (Lipinski definition) is 2. The summed E-state index contributed by atoms with van der Waals surface area (Å²) >= 11 is 0. The molecule has 2 fully saturated rings. The third-order valence-corrected chi connectivity index (χ3v) is 3.46. The second-order valence-electron chi connectivity index (χ2n) is 3.99. The topological polar surface area (TPSA) is 52.6 Å². The summed E-state index contributed by atoms with van der Waals surface area (Å²) in [5, 5.41) is 12.5. The molecule has 2 N–H and O–H groups in total. The summed E-state index contributed by atoms with van der Waals surface area (Å²) < 4.78 is 0. The molecule has 2 aliphatic heterocycles. The van der Waals surface area contributed by atoms with E-state index in [1.165, 1.54) is 0 Å². The van der Waals surface area contributed by atoms with Gasteiger partial charge in [0.2, 0.25) is 5.91 Å². The number of nitrogens with one attached hydrogen (secondary N) is 1. The molecule has 0 radical (unpaired) electrons. The number of likely N-dealkylation sites (N-methyl/N-ethyl adjacent to an activating group) is 1. The molecule has 0 bridgehead atoms. The highest BCUT2D eigenvalue weighted by molar-refractivity contribution is 5.81. The van der Waals surface area contributed by atoms with Crippen molar-refractivity contribution in [1.82, 2.24) is 10.2 Å². The largest absolute Gasteiger partial charge is 0.394 e. The van der Waals surface area contributed by atoms with E-state index in [2.05, 4.69) is 5.32 Å². The molecule has 2 saturated heterocycles. The Labute approximate surface area is 77.9 Å². The first kappa shape index (κ1) is 8.97. The number of amides is 1. The molecule has 2 atom stereocenters. The summed E-state index contributed by atoms with van der Waals surface area (Å²) in [4.78, 5) is 13.5. The predicted molar refractivity (Wildman–Crippen MR) is 48.2 cm³/mol. The molecule has 0 aromatic rings. The lowest BCUT2D eigenvalue weighted by Gasteiger charge is -2.32. The molecule has 13 heavy (non-hydrogen) atoms. The van der Waals surface area contributed by atoms with E-state index < -0.39 is 0 Å². The number of carbonyl (C=O) groups excluding carboxylic acids is 1. The first-order valence-electron chi connectivity index (χ1n) is 4.83. The number of hydrogen-bond acceptors (Lipinski definition) is 3. The van der Waals surface area contributed by atoms with E-state index in [1.54, 1.807) is 0 Å².